The number of carbonyl (C=O) groups excluding carboxylic acids is 1. The van der Waals surface area contributed by atoms with E-state index in [4.69, 9.17) is 0 Å². The Morgan fingerprint density at radius 2 is 1.89 bits per heavy atom. The molecule has 0 aromatic carbocycles. The van der Waals surface area contributed by atoms with Gasteiger partial charge in [0.05, 0.1) is 6.20 Å². The lowest BCUT2D eigenvalue weighted by atomic mass is 9.98. The standard InChI is InChI=1S/C22H35N5O/c1-17(2)21-16-26(10-3-11-27(21)15-18-4-5-18)19-6-12-25(13-7-19)22(28)20-14-23-8-9-24-20/h8-9,14,17-19,21H,3-7,10-13,15-16H2,1-2H3/t21-/m1/s1. The number of amides is 1. The lowest BCUT2D eigenvalue weighted by Gasteiger charge is -2.40. The molecule has 0 unspecified atom stereocenters. The van der Waals surface area contributed by atoms with Crippen molar-refractivity contribution in [3.8, 4) is 0 Å². The number of likely N-dealkylation sites (tertiary alicyclic amines) is 1. The van der Waals surface area contributed by atoms with Crippen LogP contribution in [0.4, 0.5) is 0 Å². The third-order valence-electron chi connectivity index (χ3n) is 6.79. The maximum Gasteiger partial charge on any atom is 0.274 e. The van der Waals surface area contributed by atoms with E-state index in [1.165, 1.54) is 45.4 Å². The predicted octanol–water partition coefficient (Wildman–Crippen LogP) is 2.52. The molecule has 4 rings (SSSR count). The smallest absolute Gasteiger partial charge is 0.274 e. The molecule has 28 heavy (non-hydrogen) atoms. The van der Waals surface area contributed by atoms with Crippen LogP contribution in [0.3, 0.4) is 0 Å². The molecule has 0 bridgehead atoms. The van der Waals surface area contributed by atoms with Crippen molar-refractivity contribution < 1.29 is 4.79 Å². The zero-order valence-electron chi connectivity index (χ0n) is 17.5. The van der Waals surface area contributed by atoms with E-state index < -0.39 is 0 Å². The van der Waals surface area contributed by atoms with Gasteiger partial charge in [0.2, 0.25) is 0 Å². The van der Waals surface area contributed by atoms with Crippen LogP contribution >= 0.6 is 0 Å². The quantitative estimate of drug-likeness (QED) is 0.780. The molecule has 154 valence electrons. The summed E-state index contributed by atoms with van der Waals surface area (Å²) in [6.45, 7) is 11.4. The Bertz CT molecular complexity index is 640. The number of rotatable bonds is 5. The van der Waals surface area contributed by atoms with Gasteiger partial charge in [0.1, 0.15) is 5.69 Å². The van der Waals surface area contributed by atoms with Crippen LogP contribution in [0.25, 0.3) is 0 Å². The van der Waals surface area contributed by atoms with Crippen LogP contribution < -0.4 is 0 Å². The molecule has 3 heterocycles. The van der Waals surface area contributed by atoms with E-state index in [0.29, 0.717) is 23.7 Å². The first-order valence-corrected chi connectivity index (χ1v) is 11.1. The van der Waals surface area contributed by atoms with Crippen LogP contribution in [0, 0.1) is 11.8 Å². The Labute approximate surface area is 169 Å². The molecule has 6 nitrogen and oxygen atoms in total. The van der Waals surface area contributed by atoms with E-state index in [-0.39, 0.29) is 5.91 Å². The minimum absolute atomic E-state index is 0.0260. The summed E-state index contributed by atoms with van der Waals surface area (Å²) in [5.41, 5.74) is 0.464. The summed E-state index contributed by atoms with van der Waals surface area (Å²) in [6, 6.07) is 1.27. The number of piperidine rings is 1. The normalized spacial score (nSPS) is 25.8. The molecule has 1 atom stereocenters. The predicted molar refractivity (Wildman–Crippen MR) is 110 cm³/mol. The Morgan fingerprint density at radius 1 is 1.11 bits per heavy atom. The molecule has 1 amide bonds. The average Bonchev–Trinajstić information content (AvgIpc) is 3.55. The molecule has 3 fully saturated rings. The molecule has 6 heteroatoms. The summed E-state index contributed by atoms with van der Waals surface area (Å²) in [5.74, 6) is 1.68. The van der Waals surface area contributed by atoms with E-state index in [2.05, 4.69) is 33.6 Å². The molecule has 2 aliphatic heterocycles. The van der Waals surface area contributed by atoms with Crippen LogP contribution in [0.1, 0.15) is 56.4 Å². The van der Waals surface area contributed by atoms with Gasteiger partial charge in [-0.3, -0.25) is 19.6 Å². The van der Waals surface area contributed by atoms with Crippen molar-refractivity contribution in [1.82, 2.24) is 24.7 Å². The minimum atomic E-state index is 0.0260. The highest BCUT2D eigenvalue weighted by atomic mass is 16.2. The maximum absolute atomic E-state index is 12.6. The first-order chi connectivity index (χ1) is 13.6. The second-order valence-electron chi connectivity index (χ2n) is 9.21. The third kappa shape index (κ3) is 4.71. The molecule has 2 saturated heterocycles. The number of nitrogens with zero attached hydrogens (tertiary/aromatic N) is 5. The molecule has 0 spiro atoms. The van der Waals surface area contributed by atoms with Gasteiger partial charge in [-0.2, -0.15) is 0 Å². The van der Waals surface area contributed by atoms with Crippen molar-refractivity contribution in [3.63, 3.8) is 0 Å². The first-order valence-electron chi connectivity index (χ1n) is 11.1. The third-order valence-corrected chi connectivity index (χ3v) is 6.79. The van der Waals surface area contributed by atoms with Gasteiger partial charge in [-0.05, 0) is 57.0 Å². The van der Waals surface area contributed by atoms with Crippen molar-refractivity contribution in [2.24, 2.45) is 11.8 Å². The van der Waals surface area contributed by atoms with Crippen LogP contribution in [-0.4, -0.2) is 81.9 Å². The Kier molecular flexibility index (Phi) is 6.26. The molecule has 1 saturated carbocycles. The van der Waals surface area contributed by atoms with E-state index in [0.717, 1.165) is 31.8 Å². The van der Waals surface area contributed by atoms with Gasteiger partial charge in [0, 0.05) is 50.7 Å². The highest BCUT2D eigenvalue weighted by Gasteiger charge is 2.35. The van der Waals surface area contributed by atoms with Gasteiger partial charge in [0.25, 0.3) is 5.91 Å². The second-order valence-corrected chi connectivity index (χ2v) is 9.21. The molecule has 1 aromatic heterocycles. The monoisotopic (exact) mass is 385 g/mol. The lowest BCUT2D eigenvalue weighted by Crippen LogP contribution is -2.51. The fourth-order valence-corrected chi connectivity index (χ4v) is 4.92. The van der Waals surface area contributed by atoms with Gasteiger partial charge in [0.15, 0.2) is 0 Å². The van der Waals surface area contributed by atoms with Crippen molar-refractivity contribution in [3.05, 3.63) is 24.3 Å². The number of aromatic nitrogens is 2. The summed E-state index contributed by atoms with van der Waals surface area (Å²) < 4.78 is 0. The summed E-state index contributed by atoms with van der Waals surface area (Å²) in [6.07, 6.45) is 11.1. The molecular formula is C22H35N5O. The summed E-state index contributed by atoms with van der Waals surface area (Å²) in [4.78, 5) is 28.3. The summed E-state index contributed by atoms with van der Waals surface area (Å²) >= 11 is 0. The SMILES string of the molecule is CC(C)[C@H]1CN(C2CCN(C(=O)c3cnccn3)CC2)CCCN1CC1CC1. The fourth-order valence-electron chi connectivity index (χ4n) is 4.92. The van der Waals surface area contributed by atoms with E-state index in [1.54, 1.807) is 18.6 Å². The molecular weight excluding hydrogens is 350 g/mol. The summed E-state index contributed by atoms with van der Waals surface area (Å²) in [7, 11) is 0. The number of carbonyl (C=O) groups is 1. The molecule has 0 N–H and O–H groups in total. The topological polar surface area (TPSA) is 52.6 Å². The molecule has 0 radical (unpaired) electrons. The Morgan fingerprint density at radius 3 is 2.54 bits per heavy atom. The zero-order chi connectivity index (χ0) is 19.5. The molecule has 3 aliphatic rings. The van der Waals surface area contributed by atoms with Crippen molar-refractivity contribution in [1.29, 1.82) is 0 Å². The van der Waals surface area contributed by atoms with E-state index >= 15 is 0 Å². The Balaban J connectivity index is 1.34. The Hall–Kier alpha value is -1.53. The van der Waals surface area contributed by atoms with Gasteiger partial charge in [-0.15, -0.1) is 0 Å². The first kappa shape index (κ1) is 19.8. The van der Waals surface area contributed by atoms with Crippen LogP contribution in [0.15, 0.2) is 18.6 Å². The maximum atomic E-state index is 12.6. The summed E-state index contributed by atoms with van der Waals surface area (Å²) in [5, 5.41) is 0. The van der Waals surface area contributed by atoms with E-state index in [1.807, 2.05) is 4.90 Å². The zero-order valence-corrected chi connectivity index (χ0v) is 17.5. The number of hydrogen-bond acceptors (Lipinski definition) is 5. The van der Waals surface area contributed by atoms with Crippen molar-refractivity contribution in [2.75, 3.05) is 39.3 Å². The minimum Gasteiger partial charge on any atom is -0.337 e. The highest BCUT2D eigenvalue weighted by Crippen LogP contribution is 2.32. The highest BCUT2D eigenvalue weighted by molar-refractivity contribution is 5.92. The lowest BCUT2D eigenvalue weighted by molar-refractivity contribution is 0.0570. The fraction of sp³-hybridized carbons (Fsp3) is 0.773. The number of hydrogen-bond donors (Lipinski definition) is 0. The second kappa shape index (κ2) is 8.87. The largest absolute Gasteiger partial charge is 0.337 e. The average molecular weight is 386 g/mol. The van der Waals surface area contributed by atoms with Crippen LogP contribution in [0.2, 0.25) is 0 Å². The van der Waals surface area contributed by atoms with E-state index in [9.17, 15) is 4.79 Å². The van der Waals surface area contributed by atoms with Gasteiger partial charge >= 0.3 is 0 Å². The van der Waals surface area contributed by atoms with Crippen molar-refractivity contribution in [2.45, 2.75) is 58.0 Å². The van der Waals surface area contributed by atoms with Crippen LogP contribution in [0.5, 0.6) is 0 Å². The van der Waals surface area contributed by atoms with Gasteiger partial charge in [-0.25, -0.2) is 4.98 Å². The molecule has 1 aromatic rings. The van der Waals surface area contributed by atoms with Gasteiger partial charge < -0.3 is 4.90 Å². The molecule has 1 aliphatic carbocycles. The van der Waals surface area contributed by atoms with Gasteiger partial charge in [-0.1, -0.05) is 13.8 Å². The van der Waals surface area contributed by atoms with Crippen LogP contribution in [-0.2, 0) is 0 Å². The van der Waals surface area contributed by atoms with Crippen molar-refractivity contribution >= 4 is 5.91 Å².